The zero-order chi connectivity index (χ0) is 21.0. The molecule has 29 heavy (non-hydrogen) atoms. The summed E-state index contributed by atoms with van der Waals surface area (Å²) < 4.78 is 40.1. The smallest absolute Gasteiger partial charge is 0.358 e. The predicted octanol–water partition coefficient (Wildman–Crippen LogP) is 5.01. The topological polar surface area (TPSA) is 53.1 Å². The summed E-state index contributed by atoms with van der Waals surface area (Å²) in [5, 5.41) is 6.26. The number of halogens is 4. The maximum absolute atomic E-state index is 13.4. The van der Waals surface area contributed by atoms with Crippen molar-refractivity contribution in [2.75, 3.05) is 16.8 Å². The molecule has 1 aromatic carbocycles. The summed E-state index contributed by atoms with van der Waals surface area (Å²) in [6, 6.07) is 8.32. The molecule has 2 heterocycles. The largest absolute Gasteiger partial charge is 0.433 e. The molecular weight excluding hydrogens is 423 g/mol. The SMILES string of the molecule is C[C@H]1CCCCN1c1cc(C(F)(F)F)nc(NC(=S)NCc2ccccc2Cl)n1. The van der Waals surface area contributed by atoms with E-state index in [1.54, 1.807) is 6.07 Å². The molecule has 2 aromatic rings. The molecule has 0 spiro atoms. The molecule has 0 amide bonds. The summed E-state index contributed by atoms with van der Waals surface area (Å²) in [6.45, 7) is 2.96. The van der Waals surface area contributed by atoms with E-state index in [1.807, 2.05) is 30.0 Å². The second kappa shape index (κ2) is 9.13. The van der Waals surface area contributed by atoms with E-state index in [1.165, 1.54) is 0 Å². The molecule has 2 N–H and O–H groups in total. The molecule has 0 saturated carbocycles. The van der Waals surface area contributed by atoms with Gasteiger partial charge in [0.2, 0.25) is 5.95 Å². The molecule has 0 radical (unpaired) electrons. The van der Waals surface area contributed by atoms with Crippen LogP contribution in [0.4, 0.5) is 24.9 Å². The number of hydrogen-bond acceptors (Lipinski definition) is 4. The Balaban J connectivity index is 1.77. The maximum Gasteiger partial charge on any atom is 0.433 e. The zero-order valence-electron chi connectivity index (χ0n) is 15.8. The molecule has 0 bridgehead atoms. The number of aromatic nitrogens is 2. The standard InChI is InChI=1S/C19H21ClF3N5S/c1-12-6-4-5-9-28(12)16-10-15(19(21,22)23)25-17(26-16)27-18(29)24-11-13-7-2-3-8-14(13)20/h2-3,7-8,10,12H,4-6,9,11H2,1H3,(H2,24,25,26,27,29)/t12-/m0/s1. The number of nitrogens with zero attached hydrogens (tertiary/aromatic N) is 3. The van der Waals surface area contributed by atoms with Crippen LogP contribution in [0.1, 0.15) is 37.4 Å². The van der Waals surface area contributed by atoms with Crippen LogP contribution in [-0.2, 0) is 12.7 Å². The van der Waals surface area contributed by atoms with Crippen molar-refractivity contribution in [2.45, 2.75) is 44.9 Å². The van der Waals surface area contributed by atoms with Crippen LogP contribution in [0.25, 0.3) is 0 Å². The Kier molecular flexibility index (Phi) is 6.79. The molecule has 1 aromatic heterocycles. The lowest BCUT2D eigenvalue weighted by atomic mass is 10.0. The number of rotatable bonds is 4. The van der Waals surface area contributed by atoms with E-state index in [0.29, 0.717) is 18.1 Å². The molecule has 1 aliphatic heterocycles. The second-order valence-electron chi connectivity index (χ2n) is 6.87. The van der Waals surface area contributed by atoms with E-state index < -0.39 is 11.9 Å². The first-order chi connectivity index (χ1) is 13.7. The Labute approximate surface area is 177 Å². The van der Waals surface area contributed by atoms with Crippen LogP contribution in [0.5, 0.6) is 0 Å². The van der Waals surface area contributed by atoms with Crippen LogP contribution in [0.3, 0.4) is 0 Å². The number of thiocarbonyl (C=S) groups is 1. The van der Waals surface area contributed by atoms with E-state index in [9.17, 15) is 13.2 Å². The van der Waals surface area contributed by atoms with Gasteiger partial charge in [-0.15, -0.1) is 0 Å². The Morgan fingerprint density at radius 2 is 2.03 bits per heavy atom. The van der Waals surface area contributed by atoms with Gasteiger partial charge in [-0.25, -0.2) is 4.98 Å². The molecule has 1 saturated heterocycles. The fourth-order valence-corrected chi connectivity index (χ4v) is 3.55. The highest BCUT2D eigenvalue weighted by molar-refractivity contribution is 7.80. The van der Waals surface area contributed by atoms with Crippen LogP contribution in [-0.4, -0.2) is 27.7 Å². The minimum atomic E-state index is -4.58. The Morgan fingerprint density at radius 3 is 2.72 bits per heavy atom. The molecule has 0 unspecified atom stereocenters. The molecule has 10 heteroatoms. The normalized spacial score (nSPS) is 17.1. The van der Waals surface area contributed by atoms with Crippen molar-refractivity contribution in [3.05, 3.63) is 46.6 Å². The van der Waals surface area contributed by atoms with Crippen molar-refractivity contribution in [1.82, 2.24) is 15.3 Å². The molecule has 1 fully saturated rings. The summed E-state index contributed by atoms with van der Waals surface area (Å²) in [5.74, 6) is 0.0557. The van der Waals surface area contributed by atoms with Gasteiger partial charge in [0, 0.05) is 30.2 Å². The van der Waals surface area contributed by atoms with Gasteiger partial charge < -0.3 is 15.5 Å². The first kappa shape index (κ1) is 21.6. The van der Waals surface area contributed by atoms with Gasteiger partial charge in [-0.3, -0.25) is 0 Å². The molecule has 3 rings (SSSR count). The number of alkyl halides is 3. The van der Waals surface area contributed by atoms with Gasteiger partial charge in [0.05, 0.1) is 0 Å². The second-order valence-corrected chi connectivity index (χ2v) is 7.69. The van der Waals surface area contributed by atoms with Crippen molar-refractivity contribution in [3.63, 3.8) is 0 Å². The maximum atomic E-state index is 13.4. The average molecular weight is 444 g/mol. The fraction of sp³-hybridized carbons (Fsp3) is 0.421. The monoisotopic (exact) mass is 443 g/mol. The van der Waals surface area contributed by atoms with E-state index in [4.69, 9.17) is 23.8 Å². The highest BCUT2D eigenvalue weighted by atomic mass is 35.5. The van der Waals surface area contributed by atoms with Crippen LogP contribution in [0, 0.1) is 0 Å². The summed E-state index contributed by atoms with van der Waals surface area (Å²) in [7, 11) is 0. The van der Waals surface area contributed by atoms with E-state index in [-0.39, 0.29) is 22.9 Å². The van der Waals surface area contributed by atoms with E-state index in [0.717, 1.165) is 30.9 Å². The molecule has 0 aliphatic carbocycles. The summed E-state index contributed by atoms with van der Waals surface area (Å²) in [5.41, 5.74) is -0.192. The Bertz CT molecular complexity index is 877. The average Bonchev–Trinajstić information content (AvgIpc) is 2.67. The van der Waals surface area contributed by atoms with Crippen LogP contribution < -0.4 is 15.5 Å². The third-order valence-electron chi connectivity index (χ3n) is 4.72. The Morgan fingerprint density at radius 1 is 1.28 bits per heavy atom. The molecular formula is C19H21ClF3N5S. The van der Waals surface area contributed by atoms with Crippen LogP contribution in [0.2, 0.25) is 5.02 Å². The first-order valence-electron chi connectivity index (χ1n) is 9.25. The van der Waals surface area contributed by atoms with Crippen molar-refractivity contribution in [3.8, 4) is 0 Å². The molecule has 156 valence electrons. The summed E-state index contributed by atoms with van der Waals surface area (Å²) in [6.07, 6.45) is -1.71. The van der Waals surface area contributed by atoms with E-state index in [2.05, 4.69) is 20.6 Å². The van der Waals surface area contributed by atoms with Gasteiger partial charge in [0.1, 0.15) is 5.82 Å². The van der Waals surface area contributed by atoms with Crippen molar-refractivity contribution >= 4 is 40.7 Å². The highest BCUT2D eigenvalue weighted by Gasteiger charge is 2.35. The number of nitrogens with one attached hydrogen (secondary N) is 2. The fourth-order valence-electron chi connectivity index (χ4n) is 3.18. The van der Waals surface area contributed by atoms with Gasteiger partial charge in [0.15, 0.2) is 10.8 Å². The number of piperidine rings is 1. The third kappa shape index (κ3) is 5.70. The van der Waals surface area contributed by atoms with Gasteiger partial charge in [-0.2, -0.15) is 18.2 Å². The van der Waals surface area contributed by atoms with Crippen LogP contribution >= 0.6 is 23.8 Å². The van der Waals surface area contributed by atoms with Gasteiger partial charge in [0.25, 0.3) is 0 Å². The van der Waals surface area contributed by atoms with Gasteiger partial charge in [-0.05, 0) is 50.0 Å². The van der Waals surface area contributed by atoms with Gasteiger partial charge in [-0.1, -0.05) is 29.8 Å². The van der Waals surface area contributed by atoms with Crippen molar-refractivity contribution in [2.24, 2.45) is 0 Å². The first-order valence-corrected chi connectivity index (χ1v) is 10.0. The Hall–Kier alpha value is -2.13. The molecule has 5 nitrogen and oxygen atoms in total. The zero-order valence-corrected chi connectivity index (χ0v) is 17.3. The van der Waals surface area contributed by atoms with Gasteiger partial charge >= 0.3 is 6.18 Å². The molecule has 1 aliphatic rings. The lowest BCUT2D eigenvalue weighted by Crippen LogP contribution is -2.38. The predicted molar refractivity (Wildman–Crippen MR) is 112 cm³/mol. The minimum Gasteiger partial charge on any atom is -0.358 e. The van der Waals surface area contributed by atoms with E-state index >= 15 is 0 Å². The lowest BCUT2D eigenvalue weighted by molar-refractivity contribution is -0.141. The third-order valence-corrected chi connectivity index (χ3v) is 5.34. The number of benzene rings is 1. The quantitative estimate of drug-likeness (QED) is 0.647. The lowest BCUT2D eigenvalue weighted by Gasteiger charge is -2.34. The number of hydrogen-bond donors (Lipinski definition) is 2. The highest BCUT2D eigenvalue weighted by Crippen LogP contribution is 2.32. The van der Waals surface area contributed by atoms with Crippen molar-refractivity contribution in [1.29, 1.82) is 0 Å². The summed E-state index contributed by atoms with van der Waals surface area (Å²) in [4.78, 5) is 9.77. The number of anilines is 2. The summed E-state index contributed by atoms with van der Waals surface area (Å²) >= 11 is 11.3. The minimum absolute atomic E-state index is 0.109. The molecule has 1 atom stereocenters. The van der Waals surface area contributed by atoms with Crippen LogP contribution in [0.15, 0.2) is 30.3 Å². The van der Waals surface area contributed by atoms with Crippen molar-refractivity contribution < 1.29 is 13.2 Å².